The van der Waals surface area contributed by atoms with Gasteiger partial charge < -0.3 is 13.9 Å². The second kappa shape index (κ2) is 5.90. The number of alkyl halides is 3. The summed E-state index contributed by atoms with van der Waals surface area (Å²) >= 11 is 0. The summed E-state index contributed by atoms with van der Waals surface area (Å²) < 4.78 is 51.5. The zero-order valence-electron chi connectivity index (χ0n) is 10.9. The van der Waals surface area contributed by atoms with Gasteiger partial charge in [-0.15, -0.1) is 0 Å². The van der Waals surface area contributed by atoms with E-state index in [1.807, 2.05) is 0 Å². The van der Waals surface area contributed by atoms with Gasteiger partial charge in [0.05, 0.1) is 12.7 Å². The third-order valence-corrected chi connectivity index (χ3v) is 2.60. The summed E-state index contributed by atoms with van der Waals surface area (Å²) in [6.45, 7) is -0.145. The number of carbonyl (C=O) groups is 1. The molecule has 0 saturated heterocycles. The minimum Gasteiger partial charge on any atom is -0.486 e. The van der Waals surface area contributed by atoms with Gasteiger partial charge >= 0.3 is 12.1 Å². The number of ether oxygens (including phenoxy) is 2. The van der Waals surface area contributed by atoms with Crippen molar-refractivity contribution in [1.29, 1.82) is 0 Å². The predicted molar refractivity (Wildman–Crippen MR) is 65.8 cm³/mol. The van der Waals surface area contributed by atoms with Gasteiger partial charge in [-0.1, -0.05) is 0 Å². The summed E-state index contributed by atoms with van der Waals surface area (Å²) in [5, 5.41) is 0. The van der Waals surface area contributed by atoms with Gasteiger partial charge in [0.1, 0.15) is 18.1 Å². The molecule has 112 valence electrons. The molecule has 2 aromatic rings. The van der Waals surface area contributed by atoms with Crippen molar-refractivity contribution in [3.05, 3.63) is 53.5 Å². The molecule has 1 aromatic carbocycles. The van der Waals surface area contributed by atoms with Crippen LogP contribution < -0.4 is 4.74 Å². The zero-order chi connectivity index (χ0) is 15.5. The maximum absolute atomic E-state index is 12.3. The van der Waals surface area contributed by atoms with Crippen molar-refractivity contribution in [1.82, 2.24) is 0 Å². The Hall–Kier alpha value is -2.44. The van der Waals surface area contributed by atoms with Gasteiger partial charge in [0.25, 0.3) is 0 Å². The summed E-state index contributed by atoms with van der Waals surface area (Å²) in [6, 6.07) is 8.05. The van der Waals surface area contributed by atoms with E-state index in [-0.39, 0.29) is 12.4 Å². The van der Waals surface area contributed by atoms with Crippen LogP contribution in [0.2, 0.25) is 0 Å². The van der Waals surface area contributed by atoms with Crippen LogP contribution in [-0.2, 0) is 17.5 Å². The van der Waals surface area contributed by atoms with Crippen LogP contribution in [0.1, 0.15) is 21.9 Å². The van der Waals surface area contributed by atoms with Crippen LogP contribution in [0.4, 0.5) is 13.2 Å². The number of benzene rings is 1. The zero-order valence-corrected chi connectivity index (χ0v) is 10.9. The monoisotopic (exact) mass is 300 g/mol. The molecule has 0 fully saturated rings. The number of rotatable bonds is 4. The third-order valence-electron chi connectivity index (χ3n) is 2.60. The Labute approximate surface area is 118 Å². The molecule has 0 aliphatic carbocycles. The average Bonchev–Trinajstić information content (AvgIpc) is 2.94. The molecule has 21 heavy (non-hydrogen) atoms. The lowest BCUT2D eigenvalue weighted by molar-refractivity contribution is -0.153. The minimum absolute atomic E-state index is 0.0550. The van der Waals surface area contributed by atoms with E-state index < -0.39 is 17.9 Å². The Kier molecular flexibility index (Phi) is 4.21. The first-order valence-electron chi connectivity index (χ1n) is 5.87. The second-order valence-electron chi connectivity index (χ2n) is 4.07. The fraction of sp³-hybridized carbons (Fsp3) is 0.214. The fourth-order valence-corrected chi connectivity index (χ4v) is 1.57. The molecule has 1 aromatic heterocycles. The van der Waals surface area contributed by atoms with Crippen LogP contribution in [-0.4, -0.2) is 13.1 Å². The lowest BCUT2D eigenvalue weighted by Crippen LogP contribution is -2.02. The highest BCUT2D eigenvalue weighted by atomic mass is 19.4. The number of methoxy groups -OCH3 is 1. The number of hydrogen-bond acceptors (Lipinski definition) is 4. The lowest BCUT2D eigenvalue weighted by Gasteiger charge is -2.05. The number of halogens is 3. The van der Waals surface area contributed by atoms with Crippen molar-refractivity contribution < 1.29 is 31.9 Å². The van der Waals surface area contributed by atoms with E-state index in [1.165, 1.54) is 37.4 Å². The standard InChI is InChI=1S/C14H11F3O4/c1-19-13(18)9-2-4-10(5-3-9)20-8-11-6-7-12(21-11)14(15,16)17/h2-7H,8H2,1H3. The van der Waals surface area contributed by atoms with E-state index in [4.69, 9.17) is 4.74 Å². The van der Waals surface area contributed by atoms with E-state index in [2.05, 4.69) is 9.15 Å². The summed E-state index contributed by atoms with van der Waals surface area (Å²) in [7, 11) is 1.27. The molecule has 1 heterocycles. The van der Waals surface area contributed by atoms with Gasteiger partial charge in [0.2, 0.25) is 5.76 Å². The first kappa shape index (κ1) is 15.0. The van der Waals surface area contributed by atoms with Crippen molar-refractivity contribution >= 4 is 5.97 Å². The number of furan rings is 1. The largest absolute Gasteiger partial charge is 0.486 e. The van der Waals surface area contributed by atoms with E-state index in [9.17, 15) is 18.0 Å². The van der Waals surface area contributed by atoms with Gasteiger partial charge in [-0.25, -0.2) is 4.79 Å². The Morgan fingerprint density at radius 2 is 1.81 bits per heavy atom. The molecule has 7 heteroatoms. The average molecular weight is 300 g/mol. The Bertz CT molecular complexity index is 614. The lowest BCUT2D eigenvalue weighted by atomic mass is 10.2. The second-order valence-corrected chi connectivity index (χ2v) is 4.07. The molecule has 0 saturated carbocycles. The fourth-order valence-electron chi connectivity index (χ4n) is 1.57. The van der Waals surface area contributed by atoms with Crippen molar-refractivity contribution in [3.63, 3.8) is 0 Å². The normalized spacial score (nSPS) is 11.2. The van der Waals surface area contributed by atoms with E-state index in [0.717, 1.165) is 6.07 Å². The molecule has 0 aliphatic heterocycles. The van der Waals surface area contributed by atoms with E-state index in [1.54, 1.807) is 0 Å². The maximum atomic E-state index is 12.3. The van der Waals surface area contributed by atoms with Gasteiger partial charge in [0, 0.05) is 0 Å². The topological polar surface area (TPSA) is 48.7 Å². The molecule has 0 atom stereocenters. The Morgan fingerprint density at radius 1 is 1.14 bits per heavy atom. The molecule has 4 nitrogen and oxygen atoms in total. The number of hydrogen-bond donors (Lipinski definition) is 0. The van der Waals surface area contributed by atoms with Crippen LogP contribution in [0.5, 0.6) is 5.75 Å². The van der Waals surface area contributed by atoms with E-state index in [0.29, 0.717) is 11.3 Å². The highest BCUT2D eigenvalue weighted by Gasteiger charge is 2.34. The van der Waals surface area contributed by atoms with Gasteiger partial charge in [-0.2, -0.15) is 13.2 Å². The van der Waals surface area contributed by atoms with Crippen LogP contribution in [0.15, 0.2) is 40.8 Å². The van der Waals surface area contributed by atoms with Gasteiger partial charge in [-0.3, -0.25) is 0 Å². The van der Waals surface area contributed by atoms with E-state index >= 15 is 0 Å². The SMILES string of the molecule is COC(=O)c1ccc(OCc2ccc(C(F)(F)F)o2)cc1. The molecule has 2 rings (SSSR count). The Morgan fingerprint density at radius 3 is 2.33 bits per heavy atom. The molecule has 0 bridgehead atoms. The first-order chi connectivity index (χ1) is 9.90. The summed E-state index contributed by atoms with van der Waals surface area (Å²) in [5.74, 6) is -1.10. The molecule has 0 amide bonds. The molecule has 0 radical (unpaired) electrons. The minimum atomic E-state index is -4.51. The molecule has 0 N–H and O–H groups in total. The van der Waals surface area contributed by atoms with Crippen LogP contribution in [0, 0.1) is 0 Å². The van der Waals surface area contributed by atoms with Crippen molar-refractivity contribution in [3.8, 4) is 5.75 Å². The van der Waals surface area contributed by atoms with Gasteiger partial charge in [-0.05, 0) is 36.4 Å². The van der Waals surface area contributed by atoms with Crippen molar-refractivity contribution in [2.75, 3.05) is 7.11 Å². The summed E-state index contributed by atoms with van der Waals surface area (Å²) in [5.41, 5.74) is 0.349. The van der Waals surface area contributed by atoms with Crippen molar-refractivity contribution in [2.45, 2.75) is 12.8 Å². The highest BCUT2D eigenvalue weighted by molar-refractivity contribution is 5.89. The quantitative estimate of drug-likeness (QED) is 0.808. The number of esters is 1. The number of carbonyl (C=O) groups excluding carboxylic acids is 1. The smallest absolute Gasteiger partial charge is 0.449 e. The molecular weight excluding hydrogens is 289 g/mol. The summed E-state index contributed by atoms with van der Waals surface area (Å²) in [4.78, 5) is 11.2. The Balaban J connectivity index is 1.97. The van der Waals surface area contributed by atoms with Crippen LogP contribution in [0.25, 0.3) is 0 Å². The highest BCUT2D eigenvalue weighted by Crippen LogP contribution is 2.30. The van der Waals surface area contributed by atoms with Gasteiger partial charge in [0.15, 0.2) is 0 Å². The first-order valence-corrected chi connectivity index (χ1v) is 5.87. The van der Waals surface area contributed by atoms with Crippen LogP contribution >= 0.6 is 0 Å². The van der Waals surface area contributed by atoms with Crippen LogP contribution in [0.3, 0.4) is 0 Å². The predicted octanol–water partition coefficient (Wildman–Crippen LogP) is 3.66. The third kappa shape index (κ3) is 3.77. The van der Waals surface area contributed by atoms with Crippen molar-refractivity contribution in [2.24, 2.45) is 0 Å². The molecule has 0 unspecified atom stereocenters. The molecule has 0 spiro atoms. The summed E-state index contributed by atoms with van der Waals surface area (Å²) in [6.07, 6.45) is -4.51. The molecule has 0 aliphatic rings. The maximum Gasteiger partial charge on any atom is 0.449 e. The molecular formula is C14H11F3O4.